The molecule has 0 aromatic carbocycles. The molecule has 0 bridgehead atoms. The first-order valence-electron chi connectivity index (χ1n) is 7.29. The van der Waals surface area contributed by atoms with Gasteiger partial charge in [-0.05, 0) is 31.6 Å². The largest absolute Gasteiger partial charge is 0.490 e. The fraction of sp³-hybridized carbons (Fsp3) is 0.714. The summed E-state index contributed by atoms with van der Waals surface area (Å²) in [5.41, 5.74) is 0. The van der Waals surface area contributed by atoms with Gasteiger partial charge < -0.3 is 20.5 Å². The molecule has 6 nitrogen and oxygen atoms in total. The molecule has 2 atom stereocenters. The second-order valence-electron chi connectivity index (χ2n) is 5.24. The molecule has 112 valence electrons. The minimum absolute atomic E-state index is 0.143. The Kier molecular flexibility index (Phi) is 5.40. The van der Waals surface area contributed by atoms with Crippen LogP contribution in [-0.4, -0.2) is 41.4 Å². The standard InChI is InChI=1S/C14H24N4O2/c1-3-6-15-13-12(20-2)14(18-9-17-13)16-8-10-4-5-11(19)7-10/h9-11,19H,3-8H2,1-2H3,(H2,15,16,17,18). The van der Waals surface area contributed by atoms with Crippen molar-refractivity contribution >= 4 is 11.6 Å². The van der Waals surface area contributed by atoms with E-state index in [0.29, 0.717) is 17.5 Å². The Morgan fingerprint density at radius 2 is 2.05 bits per heavy atom. The van der Waals surface area contributed by atoms with Crippen molar-refractivity contribution in [2.45, 2.75) is 38.7 Å². The zero-order valence-corrected chi connectivity index (χ0v) is 12.2. The summed E-state index contributed by atoms with van der Waals surface area (Å²) in [4.78, 5) is 8.46. The third-order valence-electron chi connectivity index (χ3n) is 3.62. The summed E-state index contributed by atoms with van der Waals surface area (Å²) in [5.74, 6) is 2.58. The maximum atomic E-state index is 9.55. The lowest BCUT2D eigenvalue weighted by molar-refractivity contribution is 0.178. The van der Waals surface area contributed by atoms with E-state index in [4.69, 9.17) is 4.74 Å². The van der Waals surface area contributed by atoms with Crippen molar-refractivity contribution in [3.05, 3.63) is 6.33 Å². The Labute approximate surface area is 120 Å². The topological polar surface area (TPSA) is 79.3 Å². The van der Waals surface area contributed by atoms with Crippen LogP contribution in [0.3, 0.4) is 0 Å². The summed E-state index contributed by atoms with van der Waals surface area (Å²) in [5, 5.41) is 16.1. The number of methoxy groups -OCH3 is 1. The fourth-order valence-electron chi connectivity index (χ4n) is 2.54. The number of anilines is 2. The van der Waals surface area contributed by atoms with E-state index in [1.807, 2.05) is 0 Å². The van der Waals surface area contributed by atoms with Crippen molar-refractivity contribution in [1.82, 2.24) is 9.97 Å². The molecule has 1 aliphatic rings. The Balaban J connectivity index is 1.99. The first-order chi connectivity index (χ1) is 9.74. The molecule has 6 heteroatoms. The predicted molar refractivity (Wildman–Crippen MR) is 79.2 cm³/mol. The molecule has 1 saturated carbocycles. The van der Waals surface area contributed by atoms with Gasteiger partial charge in [-0.25, -0.2) is 9.97 Å². The molecular formula is C14H24N4O2. The highest BCUT2D eigenvalue weighted by molar-refractivity contribution is 5.63. The Bertz CT molecular complexity index is 428. The van der Waals surface area contributed by atoms with Crippen molar-refractivity contribution in [1.29, 1.82) is 0 Å². The third kappa shape index (κ3) is 3.72. The van der Waals surface area contributed by atoms with Gasteiger partial charge in [-0.15, -0.1) is 0 Å². The van der Waals surface area contributed by atoms with Crippen LogP contribution in [-0.2, 0) is 0 Å². The van der Waals surface area contributed by atoms with Crippen LogP contribution in [0.2, 0.25) is 0 Å². The van der Waals surface area contributed by atoms with E-state index < -0.39 is 0 Å². The SMILES string of the molecule is CCCNc1ncnc(NCC2CCC(O)C2)c1OC. The number of rotatable bonds is 7. The molecule has 0 aliphatic heterocycles. The lowest BCUT2D eigenvalue weighted by Crippen LogP contribution is -2.15. The van der Waals surface area contributed by atoms with Gasteiger partial charge >= 0.3 is 0 Å². The van der Waals surface area contributed by atoms with Crippen LogP contribution in [0.1, 0.15) is 32.6 Å². The first-order valence-corrected chi connectivity index (χ1v) is 7.29. The zero-order valence-electron chi connectivity index (χ0n) is 12.2. The first kappa shape index (κ1) is 14.8. The number of aliphatic hydroxyl groups is 1. The third-order valence-corrected chi connectivity index (χ3v) is 3.62. The Morgan fingerprint density at radius 1 is 1.30 bits per heavy atom. The zero-order chi connectivity index (χ0) is 14.4. The molecule has 1 aromatic heterocycles. The van der Waals surface area contributed by atoms with E-state index in [2.05, 4.69) is 27.5 Å². The lowest BCUT2D eigenvalue weighted by atomic mass is 10.1. The maximum Gasteiger partial charge on any atom is 0.204 e. The molecule has 0 spiro atoms. The van der Waals surface area contributed by atoms with Crippen LogP contribution in [0.25, 0.3) is 0 Å². The lowest BCUT2D eigenvalue weighted by Gasteiger charge is -2.16. The molecule has 1 aromatic rings. The van der Waals surface area contributed by atoms with Gasteiger partial charge in [0, 0.05) is 13.1 Å². The van der Waals surface area contributed by atoms with Gasteiger partial charge in [0.25, 0.3) is 0 Å². The summed E-state index contributed by atoms with van der Waals surface area (Å²) in [6, 6.07) is 0. The van der Waals surface area contributed by atoms with Gasteiger partial charge in [0.2, 0.25) is 5.75 Å². The monoisotopic (exact) mass is 280 g/mol. The minimum Gasteiger partial charge on any atom is -0.490 e. The van der Waals surface area contributed by atoms with E-state index >= 15 is 0 Å². The number of ether oxygens (including phenoxy) is 1. The van der Waals surface area contributed by atoms with Gasteiger partial charge in [-0.3, -0.25) is 0 Å². The molecular weight excluding hydrogens is 256 g/mol. The molecule has 1 fully saturated rings. The van der Waals surface area contributed by atoms with Crippen LogP contribution in [0.5, 0.6) is 5.75 Å². The van der Waals surface area contributed by atoms with Crippen LogP contribution < -0.4 is 15.4 Å². The van der Waals surface area contributed by atoms with Crippen LogP contribution in [0.4, 0.5) is 11.6 Å². The highest BCUT2D eigenvalue weighted by Crippen LogP contribution is 2.30. The van der Waals surface area contributed by atoms with Crippen molar-refractivity contribution in [3.8, 4) is 5.75 Å². The summed E-state index contributed by atoms with van der Waals surface area (Å²) in [7, 11) is 1.63. The Hall–Kier alpha value is -1.56. The number of nitrogens with zero attached hydrogens (tertiary/aromatic N) is 2. The van der Waals surface area contributed by atoms with Crippen molar-refractivity contribution < 1.29 is 9.84 Å². The van der Waals surface area contributed by atoms with Crippen molar-refractivity contribution in [3.63, 3.8) is 0 Å². The number of nitrogens with one attached hydrogen (secondary N) is 2. The van der Waals surface area contributed by atoms with Crippen LogP contribution in [0, 0.1) is 5.92 Å². The molecule has 0 saturated heterocycles. The summed E-state index contributed by atoms with van der Waals surface area (Å²) in [6.45, 7) is 3.75. The normalized spacial score (nSPS) is 21.8. The average molecular weight is 280 g/mol. The molecule has 20 heavy (non-hydrogen) atoms. The minimum atomic E-state index is -0.143. The maximum absolute atomic E-state index is 9.55. The second-order valence-corrected chi connectivity index (χ2v) is 5.24. The fourth-order valence-corrected chi connectivity index (χ4v) is 2.54. The van der Waals surface area contributed by atoms with Gasteiger partial charge in [-0.1, -0.05) is 6.92 Å². The highest BCUT2D eigenvalue weighted by atomic mass is 16.5. The summed E-state index contributed by atoms with van der Waals surface area (Å²) >= 11 is 0. The van der Waals surface area contributed by atoms with E-state index in [0.717, 1.165) is 44.6 Å². The molecule has 0 radical (unpaired) electrons. The average Bonchev–Trinajstić information content (AvgIpc) is 2.88. The highest BCUT2D eigenvalue weighted by Gasteiger charge is 2.23. The quantitative estimate of drug-likeness (QED) is 0.707. The van der Waals surface area contributed by atoms with Gasteiger partial charge in [0.05, 0.1) is 13.2 Å². The number of aliphatic hydroxyl groups excluding tert-OH is 1. The molecule has 2 rings (SSSR count). The number of aromatic nitrogens is 2. The smallest absolute Gasteiger partial charge is 0.204 e. The predicted octanol–water partition coefficient (Wildman–Crippen LogP) is 1.88. The summed E-state index contributed by atoms with van der Waals surface area (Å²) in [6.07, 6.45) is 5.23. The Morgan fingerprint density at radius 3 is 2.65 bits per heavy atom. The van der Waals surface area contributed by atoms with Crippen LogP contribution >= 0.6 is 0 Å². The second kappa shape index (κ2) is 7.28. The van der Waals surface area contributed by atoms with Crippen molar-refractivity contribution in [2.24, 2.45) is 5.92 Å². The summed E-state index contributed by atoms with van der Waals surface area (Å²) < 4.78 is 5.41. The molecule has 3 N–H and O–H groups in total. The van der Waals surface area contributed by atoms with Gasteiger partial charge in [0.15, 0.2) is 11.6 Å². The van der Waals surface area contributed by atoms with E-state index in [-0.39, 0.29) is 6.10 Å². The molecule has 0 amide bonds. The molecule has 1 aliphatic carbocycles. The van der Waals surface area contributed by atoms with Gasteiger partial charge in [-0.2, -0.15) is 0 Å². The van der Waals surface area contributed by atoms with Crippen molar-refractivity contribution in [2.75, 3.05) is 30.8 Å². The van der Waals surface area contributed by atoms with E-state index in [1.165, 1.54) is 6.33 Å². The molecule has 2 unspecified atom stereocenters. The number of hydrogen-bond acceptors (Lipinski definition) is 6. The van der Waals surface area contributed by atoms with E-state index in [1.54, 1.807) is 7.11 Å². The number of hydrogen-bond donors (Lipinski definition) is 3. The van der Waals surface area contributed by atoms with Gasteiger partial charge in [0.1, 0.15) is 6.33 Å². The van der Waals surface area contributed by atoms with Crippen LogP contribution in [0.15, 0.2) is 6.33 Å². The molecule has 1 heterocycles. The van der Waals surface area contributed by atoms with E-state index in [9.17, 15) is 5.11 Å².